The summed E-state index contributed by atoms with van der Waals surface area (Å²) in [6.07, 6.45) is 2.07. The molecule has 0 heterocycles. The van der Waals surface area contributed by atoms with E-state index in [2.05, 4.69) is 46.5 Å². The minimum Gasteiger partial charge on any atom is -0.493 e. The monoisotopic (exact) mass is 351 g/mol. The van der Waals surface area contributed by atoms with Crippen LogP contribution in [0.1, 0.15) is 24.1 Å². The minimum absolute atomic E-state index is 0.127. The van der Waals surface area contributed by atoms with Crippen LogP contribution in [0.25, 0.3) is 0 Å². The van der Waals surface area contributed by atoms with E-state index in [4.69, 9.17) is 10.5 Å². The van der Waals surface area contributed by atoms with Crippen molar-refractivity contribution < 1.29 is 4.74 Å². The lowest BCUT2D eigenvalue weighted by atomic mass is 10.00. The molecule has 2 rings (SSSR count). The first-order valence-electron chi connectivity index (χ1n) is 6.47. The molecule has 2 N–H and O–H groups in total. The highest BCUT2D eigenvalue weighted by molar-refractivity contribution is 9.10. The van der Waals surface area contributed by atoms with Crippen LogP contribution in [0.2, 0.25) is 0 Å². The molecule has 0 saturated heterocycles. The van der Waals surface area contributed by atoms with Crippen LogP contribution in [-0.2, 0) is 0 Å². The van der Waals surface area contributed by atoms with Gasteiger partial charge in [0.05, 0.1) is 17.1 Å². The first-order valence-corrected chi connectivity index (χ1v) is 8.49. The Balaban J connectivity index is 2.23. The number of hydrogen-bond donors (Lipinski definition) is 1. The molecule has 0 aliphatic heterocycles. The molecule has 4 heteroatoms. The van der Waals surface area contributed by atoms with Crippen LogP contribution in [0.15, 0.2) is 51.8 Å². The summed E-state index contributed by atoms with van der Waals surface area (Å²) in [5.41, 5.74) is 8.51. The van der Waals surface area contributed by atoms with Crippen molar-refractivity contribution in [2.24, 2.45) is 5.73 Å². The van der Waals surface area contributed by atoms with Gasteiger partial charge in [-0.05, 0) is 64.5 Å². The molecule has 0 aromatic heterocycles. The van der Waals surface area contributed by atoms with Gasteiger partial charge in [0.1, 0.15) is 5.75 Å². The van der Waals surface area contributed by atoms with E-state index in [1.807, 2.05) is 25.1 Å². The first kappa shape index (κ1) is 15.4. The Morgan fingerprint density at radius 1 is 1.15 bits per heavy atom. The van der Waals surface area contributed by atoms with E-state index in [0.29, 0.717) is 6.61 Å². The average Bonchev–Trinajstić information content (AvgIpc) is 2.49. The molecule has 0 bridgehead atoms. The lowest BCUT2D eigenvalue weighted by molar-refractivity contribution is 0.338. The van der Waals surface area contributed by atoms with Crippen molar-refractivity contribution in [3.8, 4) is 5.75 Å². The molecule has 2 aromatic carbocycles. The summed E-state index contributed by atoms with van der Waals surface area (Å²) in [5.74, 6) is 0.848. The van der Waals surface area contributed by atoms with Crippen LogP contribution < -0.4 is 10.5 Å². The molecule has 0 spiro atoms. The maximum atomic E-state index is 6.33. The standard InChI is InChI=1S/C16H18BrNOS/c1-3-19-15-9-6-12(10-14(15)17)16(18)11-4-7-13(20-2)8-5-11/h4-10,16H,3,18H2,1-2H3. The van der Waals surface area contributed by atoms with Crippen molar-refractivity contribution in [1.29, 1.82) is 0 Å². The van der Waals surface area contributed by atoms with E-state index in [-0.39, 0.29) is 6.04 Å². The van der Waals surface area contributed by atoms with E-state index in [1.165, 1.54) is 4.90 Å². The van der Waals surface area contributed by atoms with Crippen LogP contribution in [0.5, 0.6) is 5.75 Å². The Bertz CT molecular complexity index is 571. The second-order valence-corrected chi connectivity index (χ2v) is 6.11. The van der Waals surface area contributed by atoms with Gasteiger partial charge in [-0.2, -0.15) is 0 Å². The number of thioether (sulfide) groups is 1. The molecule has 1 unspecified atom stereocenters. The molecule has 0 radical (unpaired) electrons. The summed E-state index contributed by atoms with van der Waals surface area (Å²) in [4.78, 5) is 1.24. The van der Waals surface area contributed by atoms with Crippen molar-refractivity contribution in [2.75, 3.05) is 12.9 Å². The predicted molar refractivity (Wildman–Crippen MR) is 89.6 cm³/mol. The Labute approximate surface area is 132 Å². The Kier molecular flexibility index (Phi) is 5.52. The SMILES string of the molecule is CCOc1ccc(C(N)c2ccc(SC)cc2)cc1Br. The van der Waals surface area contributed by atoms with Crippen molar-refractivity contribution >= 4 is 27.7 Å². The number of halogens is 1. The third kappa shape index (κ3) is 3.57. The molecule has 20 heavy (non-hydrogen) atoms. The zero-order valence-corrected chi connectivity index (χ0v) is 14.0. The van der Waals surface area contributed by atoms with Gasteiger partial charge in [0.25, 0.3) is 0 Å². The zero-order valence-electron chi connectivity index (χ0n) is 11.6. The molecule has 1 atom stereocenters. The Morgan fingerprint density at radius 2 is 1.80 bits per heavy atom. The third-order valence-electron chi connectivity index (χ3n) is 3.09. The van der Waals surface area contributed by atoms with Gasteiger partial charge in [-0.25, -0.2) is 0 Å². The molecular weight excluding hydrogens is 334 g/mol. The molecule has 0 saturated carbocycles. The van der Waals surface area contributed by atoms with Crippen LogP contribution in [0.4, 0.5) is 0 Å². The quantitative estimate of drug-likeness (QED) is 0.798. The molecule has 106 valence electrons. The third-order valence-corrected chi connectivity index (χ3v) is 4.45. The number of ether oxygens (including phenoxy) is 1. The maximum absolute atomic E-state index is 6.33. The second-order valence-electron chi connectivity index (χ2n) is 4.37. The van der Waals surface area contributed by atoms with E-state index in [0.717, 1.165) is 21.3 Å². The molecule has 2 aromatic rings. The van der Waals surface area contributed by atoms with Crippen molar-refractivity contribution in [3.63, 3.8) is 0 Å². The van der Waals surface area contributed by atoms with Crippen molar-refractivity contribution in [3.05, 3.63) is 58.1 Å². The fraction of sp³-hybridized carbons (Fsp3) is 0.250. The van der Waals surface area contributed by atoms with Crippen LogP contribution >= 0.6 is 27.7 Å². The van der Waals surface area contributed by atoms with Crippen LogP contribution in [0, 0.1) is 0 Å². The largest absolute Gasteiger partial charge is 0.493 e. The highest BCUT2D eigenvalue weighted by atomic mass is 79.9. The highest BCUT2D eigenvalue weighted by Crippen LogP contribution is 2.30. The predicted octanol–water partition coefficient (Wildman–Crippen LogP) is 4.62. The van der Waals surface area contributed by atoms with Crippen LogP contribution in [0.3, 0.4) is 0 Å². The summed E-state index contributed by atoms with van der Waals surface area (Å²) in [5, 5.41) is 0. The summed E-state index contributed by atoms with van der Waals surface area (Å²) in [6.45, 7) is 2.62. The van der Waals surface area contributed by atoms with Crippen molar-refractivity contribution in [1.82, 2.24) is 0 Å². The molecular formula is C16H18BrNOS. The average molecular weight is 352 g/mol. The van der Waals surface area contributed by atoms with Gasteiger partial charge in [0.2, 0.25) is 0 Å². The van der Waals surface area contributed by atoms with Gasteiger partial charge in [0.15, 0.2) is 0 Å². The number of nitrogens with two attached hydrogens (primary N) is 1. The van der Waals surface area contributed by atoms with Gasteiger partial charge in [-0.1, -0.05) is 18.2 Å². The first-order chi connectivity index (χ1) is 9.65. The van der Waals surface area contributed by atoms with E-state index in [9.17, 15) is 0 Å². The fourth-order valence-electron chi connectivity index (χ4n) is 1.99. The number of rotatable bonds is 5. The molecule has 0 amide bonds. The Hall–Kier alpha value is -0.970. The van der Waals surface area contributed by atoms with Crippen LogP contribution in [-0.4, -0.2) is 12.9 Å². The lowest BCUT2D eigenvalue weighted by Gasteiger charge is -2.15. The maximum Gasteiger partial charge on any atom is 0.133 e. The summed E-state index contributed by atoms with van der Waals surface area (Å²) in [6, 6.07) is 14.2. The number of hydrogen-bond acceptors (Lipinski definition) is 3. The van der Waals surface area contributed by atoms with E-state index < -0.39 is 0 Å². The van der Waals surface area contributed by atoms with E-state index >= 15 is 0 Å². The molecule has 2 nitrogen and oxygen atoms in total. The normalized spacial score (nSPS) is 12.2. The van der Waals surface area contributed by atoms with Gasteiger partial charge >= 0.3 is 0 Å². The van der Waals surface area contributed by atoms with E-state index in [1.54, 1.807) is 11.8 Å². The summed E-state index contributed by atoms with van der Waals surface area (Å²) in [7, 11) is 0. The van der Waals surface area contributed by atoms with Gasteiger partial charge in [-0.3, -0.25) is 0 Å². The molecule has 0 aliphatic rings. The van der Waals surface area contributed by atoms with Gasteiger partial charge in [-0.15, -0.1) is 11.8 Å². The smallest absolute Gasteiger partial charge is 0.133 e. The molecule has 0 fully saturated rings. The van der Waals surface area contributed by atoms with Gasteiger partial charge in [0, 0.05) is 4.90 Å². The summed E-state index contributed by atoms with van der Waals surface area (Å²) >= 11 is 5.26. The minimum atomic E-state index is -0.127. The zero-order chi connectivity index (χ0) is 14.5. The topological polar surface area (TPSA) is 35.2 Å². The fourth-order valence-corrected chi connectivity index (χ4v) is 2.91. The highest BCUT2D eigenvalue weighted by Gasteiger charge is 2.11. The van der Waals surface area contributed by atoms with Gasteiger partial charge < -0.3 is 10.5 Å². The molecule has 0 aliphatic carbocycles. The number of benzene rings is 2. The Morgan fingerprint density at radius 3 is 2.35 bits per heavy atom. The second kappa shape index (κ2) is 7.16. The summed E-state index contributed by atoms with van der Waals surface area (Å²) < 4.78 is 6.45. The van der Waals surface area contributed by atoms with Crippen molar-refractivity contribution in [2.45, 2.75) is 17.9 Å². The lowest BCUT2D eigenvalue weighted by Crippen LogP contribution is -2.11.